The Labute approximate surface area is 201 Å². The van der Waals surface area contributed by atoms with Crippen molar-refractivity contribution in [2.24, 2.45) is 5.92 Å². The molecule has 0 radical (unpaired) electrons. The van der Waals surface area contributed by atoms with Crippen LogP contribution in [0.15, 0.2) is 45.6 Å². The van der Waals surface area contributed by atoms with Gasteiger partial charge in [0, 0.05) is 12.1 Å². The summed E-state index contributed by atoms with van der Waals surface area (Å²) in [6.07, 6.45) is 1.30. The maximum absolute atomic E-state index is 12.7. The zero-order valence-corrected chi connectivity index (χ0v) is 19.8. The number of ether oxygens (including phenoxy) is 5. The lowest BCUT2D eigenvalue weighted by atomic mass is 9.82. The standard InChI is InChI=1S/C25H25ClO8/c1-29-20-13-22(30-2)23(33-8-7-32-15-9-14(10-15)25(28)31-3)11-17(20)21-12-19(27)16-5-4-6-18(26)24(16)34-21/h4-6,11-15H,7-10H2,1-3H3. The number of methoxy groups -OCH3 is 3. The van der Waals surface area contributed by atoms with Crippen LogP contribution in [0, 0.1) is 5.92 Å². The first kappa shape index (κ1) is 23.9. The van der Waals surface area contributed by atoms with Crippen LogP contribution < -0.4 is 19.6 Å². The van der Waals surface area contributed by atoms with E-state index in [4.69, 9.17) is 39.7 Å². The molecular formula is C25H25ClO8. The van der Waals surface area contributed by atoms with Gasteiger partial charge in [-0.15, -0.1) is 0 Å². The third-order valence-corrected chi connectivity index (χ3v) is 6.08. The maximum atomic E-state index is 12.7. The van der Waals surface area contributed by atoms with Gasteiger partial charge in [-0.05, 0) is 31.0 Å². The summed E-state index contributed by atoms with van der Waals surface area (Å²) >= 11 is 6.25. The van der Waals surface area contributed by atoms with Gasteiger partial charge in [0.1, 0.15) is 18.1 Å². The molecule has 1 saturated carbocycles. The van der Waals surface area contributed by atoms with Crippen molar-refractivity contribution in [1.29, 1.82) is 0 Å². The van der Waals surface area contributed by atoms with Crippen LogP contribution in [0.2, 0.25) is 5.02 Å². The fourth-order valence-electron chi connectivity index (χ4n) is 3.88. The molecule has 1 aliphatic rings. The summed E-state index contributed by atoms with van der Waals surface area (Å²) in [6, 6.07) is 9.76. The predicted octanol–water partition coefficient (Wildman–Crippen LogP) is 4.48. The van der Waals surface area contributed by atoms with Gasteiger partial charge < -0.3 is 28.1 Å². The number of carbonyl (C=O) groups is 1. The van der Waals surface area contributed by atoms with E-state index >= 15 is 0 Å². The number of benzene rings is 2. The highest BCUT2D eigenvalue weighted by Gasteiger charge is 2.35. The van der Waals surface area contributed by atoms with Crippen molar-refractivity contribution in [1.82, 2.24) is 0 Å². The molecule has 1 aromatic heterocycles. The van der Waals surface area contributed by atoms with E-state index in [2.05, 4.69) is 0 Å². The van der Waals surface area contributed by atoms with Crippen molar-refractivity contribution in [3.63, 3.8) is 0 Å². The highest BCUT2D eigenvalue weighted by atomic mass is 35.5. The van der Waals surface area contributed by atoms with Gasteiger partial charge in [-0.3, -0.25) is 9.59 Å². The summed E-state index contributed by atoms with van der Waals surface area (Å²) in [6.45, 7) is 0.596. The Morgan fingerprint density at radius 2 is 1.79 bits per heavy atom. The van der Waals surface area contributed by atoms with Gasteiger partial charge in [0.05, 0.1) is 55.9 Å². The van der Waals surface area contributed by atoms with Gasteiger partial charge in [0.15, 0.2) is 22.5 Å². The molecule has 34 heavy (non-hydrogen) atoms. The molecule has 2 aromatic carbocycles. The van der Waals surface area contributed by atoms with Gasteiger partial charge in [-0.1, -0.05) is 17.7 Å². The van der Waals surface area contributed by atoms with E-state index in [0.717, 1.165) is 0 Å². The van der Waals surface area contributed by atoms with Crippen molar-refractivity contribution in [3.05, 3.63) is 51.6 Å². The molecule has 0 unspecified atom stereocenters. The van der Waals surface area contributed by atoms with E-state index in [1.807, 2.05) is 0 Å². The monoisotopic (exact) mass is 488 g/mol. The summed E-state index contributed by atoms with van der Waals surface area (Å²) in [7, 11) is 4.42. The van der Waals surface area contributed by atoms with Gasteiger partial charge in [-0.25, -0.2) is 0 Å². The Morgan fingerprint density at radius 1 is 1.03 bits per heavy atom. The normalized spacial score (nSPS) is 17.2. The summed E-state index contributed by atoms with van der Waals surface area (Å²) in [5, 5.41) is 0.728. The van der Waals surface area contributed by atoms with Crippen molar-refractivity contribution >= 4 is 28.5 Å². The van der Waals surface area contributed by atoms with Crippen LogP contribution in [0.3, 0.4) is 0 Å². The van der Waals surface area contributed by atoms with Crippen LogP contribution in [0.1, 0.15) is 12.8 Å². The molecule has 4 rings (SSSR count). The van der Waals surface area contributed by atoms with Gasteiger partial charge in [-0.2, -0.15) is 0 Å². The van der Waals surface area contributed by atoms with E-state index < -0.39 is 0 Å². The zero-order chi connectivity index (χ0) is 24.2. The smallest absolute Gasteiger partial charge is 0.308 e. The number of halogens is 1. The predicted molar refractivity (Wildman–Crippen MR) is 126 cm³/mol. The number of para-hydroxylation sites is 1. The van der Waals surface area contributed by atoms with E-state index in [1.165, 1.54) is 27.4 Å². The molecule has 8 nitrogen and oxygen atoms in total. The molecule has 1 fully saturated rings. The lowest BCUT2D eigenvalue weighted by Gasteiger charge is -2.32. The summed E-state index contributed by atoms with van der Waals surface area (Å²) in [5.74, 6) is 1.33. The third-order valence-electron chi connectivity index (χ3n) is 5.78. The number of hydrogen-bond donors (Lipinski definition) is 0. The summed E-state index contributed by atoms with van der Waals surface area (Å²) in [4.78, 5) is 24.1. The van der Waals surface area contributed by atoms with E-state index in [0.29, 0.717) is 58.3 Å². The topological polar surface area (TPSA) is 93.4 Å². The first-order valence-electron chi connectivity index (χ1n) is 10.8. The van der Waals surface area contributed by atoms with E-state index in [1.54, 1.807) is 30.3 Å². The van der Waals surface area contributed by atoms with Gasteiger partial charge in [0.25, 0.3) is 0 Å². The Balaban J connectivity index is 1.52. The number of carbonyl (C=O) groups excluding carboxylic acids is 1. The first-order valence-corrected chi connectivity index (χ1v) is 11.1. The minimum absolute atomic E-state index is 0.0117. The van der Waals surface area contributed by atoms with Crippen molar-refractivity contribution in [3.8, 4) is 28.6 Å². The van der Waals surface area contributed by atoms with Crippen LogP contribution >= 0.6 is 11.6 Å². The summed E-state index contributed by atoms with van der Waals surface area (Å²) in [5.41, 5.74) is 0.586. The second-order valence-electron chi connectivity index (χ2n) is 7.83. The molecule has 3 aromatic rings. The van der Waals surface area contributed by atoms with Gasteiger partial charge in [0.2, 0.25) is 0 Å². The molecule has 0 aliphatic heterocycles. The second-order valence-corrected chi connectivity index (χ2v) is 8.23. The van der Waals surface area contributed by atoms with Crippen molar-refractivity contribution in [2.45, 2.75) is 18.9 Å². The largest absolute Gasteiger partial charge is 0.496 e. The summed E-state index contributed by atoms with van der Waals surface area (Å²) < 4.78 is 33.3. The number of fused-ring (bicyclic) bond motifs is 1. The third kappa shape index (κ3) is 4.83. The average Bonchev–Trinajstić information content (AvgIpc) is 2.82. The van der Waals surface area contributed by atoms with E-state index in [9.17, 15) is 9.59 Å². The zero-order valence-electron chi connectivity index (χ0n) is 19.1. The fourth-order valence-corrected chi connectivity index (χ4v) is 4.09. The molecule has 1 aliphatic carbocycles. The molecule has 0 saturated heterocycles. The lowest BCUT2D eigenvalue weighted by Crippen LogP contribution is -2.37. The maximum Gasteiger partial charge on any atom is 0.308 e. The molecule has 1 heterocycles. The lowest BCUT2D eigenvalue weighted by molar-refractivity contribution is -0.155. The number of hydrogen-bond acceptors (Lipinski definition) is 8. The second kappa shape index (κ2) is 10.4. The minimum Gasteiger partial charge on any atom is -0.496 e. The Kier molecular flexibility index (Phi) is 7.29. The SMILES string of the molecule is COC(=O)C1CC(OCCOc2cc(-c3cc(=O)c4cccc(Cl)c4o3)c(OC)cc2OC)C1. The van der Waals surface area contributed by atoms with Crippen molar-refractivity contribution < 1.29 is 32.9 Å². The Bertz CT molecular complexity index is 1250. The number of esters is 1. The van der Waals surface area contributed by atoms with Gasteiger partial charge >= 0.3 is 5.97 Å². The fraction of sp³-hybridized carbons (Fsp3) is 0.360. The van der Waals surface area contributed by atoms with Crippen LogP contribution in [-0.4, -0.2) is 46.6 Å². The quantitative estimate of drug-likeness (QED) is 0.321. The molecule has 0 amide bonds. The number of rotatable bonds is 9. The Morgan fingerprint density at radius 3 is 2.50 bits per heavy atom. The van der Waals surface area contributed by atoms with Crippen LogP contribution in [0.25, 0.3) is 22.3 Å². The van der Waals surface area contributed by atoms with E-state index in [-0.39, 0.29) is 35.8 Å². The Hall–Kier alpha value is -3.23. The molecule has 180 valence electrons. The first-order chi connectivity index (χ1) is 16.4. The molecular weight excluding hydrogens is 464 g/mol. The van der Waals surface area contributed by atoms with Crippen LogP contribution in [-0.2, 0) is 14.3 Å². The molecule has 0 bridgehead atoms. The highest BCUT2D eigenvalue weighted by molar-refractivity contribution is 6.34. The van der Waals surface area contributed by atoms with Crippen LogP contribution in [0.5, 0.6) is 17.2 Å². The molecule has 0 spiro atoms. The average molecular weight is 489 g/mol. The highest BCUT2D eigenvalue weighted by Crippen LogP contribution is 2.41. The van der Waals surface area contributed by atoms with Crippen LogP contribution in [0.4, 0.5) is 0 Å². The van der Waals surface area contributed by atoms with Crippen molar-refractivity contribution in [2.75, 3.05) is 34.5 Å². The molecule has 0 N–H and O–H groups in total. The minimum atomic E-state index is -0.224. The molecule has 9 heteroatoms. The molecule has 0 atom stereocenters.